The molecule has 0 atom stereocenters. The number of halogens is 2. The molecule has 0 amide bonds. The molecule has 17 heavy (non-hydrogen) atoms. The lowest BCUT2D eigenvalue weighted by Gasteiger charge is -2.02. The summed E-state index contributed by atoms with van der Waals surface area (Å²) in [5.74, 6) is 0. The second kappa shape index (κ2) is 11.5. The lowest BCUT2D eigenvalue weighted by Crippen LogP contribution is -2.22. The van der Waals surface area contributed by atoms with Crippen molar-refractivity contribution in [2.45, 2.75) is 57.8 Å². The van der Waals surface area contributed by atoms with E-state index >= 15 is 0 Å². The summed E-state index contributed by atoms with van der Waals surface area (Å²) in [6, 6.07) is 0. The van der Waals surface area contributed by atoms with Crippen LogP contribution in [-0.4, -0.2) is 18.1 Å². The van der Waals surface area contributed by atoms with Gasteiger partial charge in [0.05, 0.1) is 6.61 Å². The predicted octanol–water partition coefficient (Wildman–Crippen LogP) is 3.09. The molecule has 0 unspecified atom stereocenters. The van der Waals surface area contributed by atoms with Crippen LogP contribution >= 0.6 is 0 Å². The quantitative estimate of drug-likeness (QED) is 0.330. The Bertz CT molecular complexity index is 194. The second-order valence-corrected chi connectivity index (χ2v) is 3.85. The fourth-order valence-corrected chi connectivity index (χ4v) is 1.46. The van der Waals surface area contributed by atoms with E-state index in [0.29, 0.717) is 13.0 Å². The summed E-state index contributed by atoms with van der Waals surface area (Å²) in [6.07, 6.45) is 3.97. The molecule has 0 aliphatic carbocycles. The van der Waals surface area contributed by atoms with Gasteiger partial charge in [-0.3, -0.25) is 0 Å². The van der Waals surface area contributed by atoms with Crippen LogP contribution in [0.3, 0.4) is 0 Å². The van der Waals surface area contributed by atoms with Gasteiger partial charge in [-0.2, -0.15) is 0 Å². The van der Waals surface area contributed by atoms with Crippen molar-refractivity contribution in [1.29, 1.82) is 0 Å². The number of nitrogens with one attached hydrogen (secondary N) is 1. The van der Waals surface area contributed by atoms with Gasteiger partial charge >= 0.3 is 0 Å². The molecule has 0 aliphatic rings. The normalized spacial score (nSPS) is 10.8. The number of hydrazine groups is 1. The Hall–Kier alpha value is -0.980. The van der Waals surface area contributed by atoms with Crippen molar-refractivity contribution in [3.8, 4) is 0 Å². The number of hydrogen-bond donors (Lipinski definition) is 1. The largest absolute Gasteiger partial charge is 0.238 e. The van der Waals surface area contributed by atoms with Crippen molar-refractivity contribution in [3.63, 3.8) is 0 Å². The Morgan fingerprint density at radius 1 is 1.06 bits per heavy atom. The molecule has 0 radical (unpaired) electrons. The zero-order valence-corrected chi connectivity index (χ0v) is 9.87. The molecule has 0 saturated carbocycles. The highest BCUT2D eigenvalue weighted by atomic mass is 19.3. The third kappa shape index (κ3) is 15.0. The van der Waals surface area contributed by atoms with Gasteiger partial charge in [-0.15, -0.1) is 0 Å². The molecule has 0 aromatic rings. The van der Waals surface area contributed by atoms with Crippen molar-refractivity contribution in [1.82, 2.24) is 5.59 Å². The van der Waals surface area contributed by atoms with E-state index in [9.17, 15) is 18.9 Å². The third-order valence-electron chi connectivity index (χ3n) is 2.31. The van der Waals surface area contributed by atoms with Crippen LogP contribution in [-0.2, 0) is 4.84 Å². The molecular formula is C10H20F2N2O3. The maximum absolute atomic E-state index is 11.8. The molecule has 0 rings (SSSR count). The van der Waals surface area contributed by atoms with Crippen molar-refractivity contribution in [2.75, 3.05) is 6.61 Å². The zero-order chi connectivity index (χ0) is 12.9. The van der Waals surface area contributed by atoms with Crippen molar-refractivity contribution in [3.05, 3.63) is 10.1 Å². The molecular weight excluding hydrogens is 234 g/mol. The summed E-state index contributed by atoms with van der Waals surface area (Å²) in [5.41, 5.74) is 1.63. The standard InChI is InChI=1S/C10H20F2N2O3/c11-10(12)8-6-4-2-1-3-5-7-9-17-13-14(15)16/h10,13H,1-9H2. The SMILES string of the molecule is O=[N+]([O-])NOCCCCCCCCCC(F)F. The number of hydrogen-bond acceptors (Lipinski definition) is 3. The predicted molar refractivity (Wildman–Crippen MR) is 59.0 cm³/mol. The van der Waals surface area contributed by atoms with E-state index in [1.54, 1.807) is 5.59 Å². The van der Waals surface area contributed by atoms with Crippen LogP contribution in [0.25, 0.3) is 0 Å². The van der Waals surface area contributed by atoms with Crippen molar-refractivity contribution >= 4 is 0 Å². The van der Waals surface area contributed by atoms with Gasteiger partial charge < -0.3 is 0 Å². The molecule has 5 nitrogen and oxygen atoms in total. The minimum atomic E-state index is -2.18. The van der Waals surface area contributed by atoms with Crippen LogP contribution in [0.15, 0.2) is 0 Å². The lowest BCUT2D eigenvalue weighted by molar-refractivity contribution is -0.606. The smallest absolute Gasteiger partial charge is 0.233 e. The summed E-state index contributed by atoms with van der Waals surface area (Å²) in [6.45, 7) is 0.312. The second-order valence-electron chi connectivity index (χ2n) is 3.85. The minimum Gasteiger partial charge on any atom is -0.233 e. The van der Waals surface area contributed by atoms with Crippen LogP contribution in [0.5, 0.6) is 0 Å². The summed E-state index contributed by atoms with van der Waals surface area (Å²) in [7, 11) is 0. The first kappa shape index (κ1) is 16.0. The molecule has 0 aliphatic heterocycles. The Balaban J connectivity index is 2.96. The minimum absolute atomic E-state index is 0.000397. The summed E-state index contributed by atoms with van der Waals surface area (Å²) >= 11 is 0. The van der Waals surface area contributed by atoms with Gasteiger partial charge in [0.2, 0.25) is 6.43 Å². The average molecular weight is 254 g/mol. The maximum atomic E-state index is 11.8. The van der Waals surface area contributed by atoms with Gasteiger partial charge in [0.15, 0.2) is 5.03 Å². The number of alkyl halides is 2. The number of nitrogens with zero attached hydrogens (tertiary/aromatic N) is 1. The first-order valence-electron chi connectivity index (χ1n) is 5.93. The average Bonchev–Trinajstić information content (AvgIpc) is 2.25. The number of nitro groups is 1. The molecule has 0 spiro atoms. The molecule has 7 heteroatoms. The first-order chi connectivity index (χ1) is 8.13. The molecule has 0 bridgehead atoms. The Kier molecular flexibility index (Phi) is 10.8. The number of rotatable bonds is 12. The summed E-state index contributed by atoms with van der Waals surface area (Å²) in [5, 5.41) is 9.05. The van der Waals surface area contributed by atoms with E-state index in [1.165, 1.54) is 0 Å². The molecule has 1 N–H and O–H groups in total. The summed E-state index contributed by atoms with van der Waals surface area (Å²) in [4.78, 5) is 14.3. The fraction of sp³-hybridized carbons (Fsp3) is 1.00. The van der Waals surface area contributed by atoms with Crippen LogP contribution in [0.4, 0.5) is 8.78 Å². The van der Waals surface area contributed by atoms with E-state index in [4.69, 9.17) is 0 Å². The highest BCUT2D eigenvalue weighted by Gasteiger charge is 2.00. The molecule has 0 fully saturated rings. The van der Waals surface area contributed by atoms with Crippen molar-refractivity contribution in [2.24, 2.45) is 0 Å². The maximum Gasteiger partial charge on any atom is 0.238 e. The van der Waals surface area contributed by atoms with Gasteiger partial charge in [0, 0.05) is 6.42 Å². The molecule has 0 aromatic carbocycles. The van der Waals surface area contributed by atoms with Gasteiger partial charge in [-0.05, 0) is 18.4 Å². The van der Waals surface area contributed by atoms with Gasteiger partial charge in [0.25, 0.3) is 0 Å². The highest BCUT2D eigenvalue weighted by Crippen LogP contribution is 2.11. The first-order valence-corrected chi connectivity index (χ1v) is 5.93. The van der Waals surface area contributed by atoms with Crippen LogP contribution in [0.2, 0.25) is 0 Å². The summed E-state index contributed by atoms with van der Waals surface area (Å²) < 4.78 is 23.5. The Morgan fingerprint density at radius 2 is 1.59 bits per heavy atom. The Morgan fingerprint density at radius 3 is 2.12 bits per heavy atom. The van der Waals surface area contributed by atoms with Crippen LogP contribution < -0.4 is 5.59 Å². The van der Waals surface area contributed by atoms with Crippen molar-refractivity contribution < 1.29 is 18.7 Å². The van der Waals surface area contributed by atoms with Crippen LogP contribution in [0.1, 0.15) is 51.4 Å². The lowest BCUT2D eigenvalue weighted by atomic mass is 10.1. The third-order valence-corrected chi connectivity index (χ3v) is 2.31. The van der Waals surface area contributed by atoms with E-state index in [1.807, 2.05) is 0 Å². The Labute approximate surface area is 99.6 Å². The monoisotopic (exact) mass is 254 g/mol. The highest BCUT2D eigenvalue weighted by molar-refractivity contribution is 4.47. The van der Waals surface area contributed by atoms with E-state index in [2.05, 4.69) is 4.84 Å². The molecule has 0 heterocycles. The van der Waals surface area contributed by atoms with Crippen LogP contribution in [0, 0.1) is 10.1 Å². The molecule has 102 valence electrons. The van der Waals surface area contributed by atoms with E-state index in [-0.39, 0.29) is 6.42 Å². The van der Waals surface area contributed by atoms with Gasteiger partial charge in [0.1, 0.15) is 0 Å². The molecule has 0 aromatic heterocycles. The van der Waals surface area contributed by atoms with E-state index < -0.39 is 11.5 Å². The van der Waals surface area contributed by atoms with Gasteiger partial charge in [-0.25, -0.2) is 23.7 Å². The molecule has 0 saturated heterocycles. The topological polar surface area (TPSA) is 64.4 Å². The number of unbranched alkanes of at least 4 members (excludes halogenated alkanes) is 6. The van der Waals surface area contributed by atoms with E-state index in [0.717, 1.165) is 38.5 Å². The fourth-order valence-electron chi connectivity index (χ4n) is 1.46. The van der Waals surface area contributed by atoms with Gasteiger partial charge in [-0.1, -0.05) is 32.1 Å². The zero-order valence-electron chi connectivity index (χ0n) is 9.87.